The van der Waals surface area contributed by atoms with E-state index in [2.05, 4.69) is 42.3 Å². The molecule has 1 aromatic carbocycles. The third-order valence-corrected chi connectivity index (χ3v) is 4.02. The Labute approximate surface area is 121 Å². The summed E-state index contributed by atoms with van der Waals surface area (Å²) in [4.78, 5) is 13.5. The maximum Gasteiger partial charge on any atom is 0.222 e. The molecule has 1 atom stereocenters. The van der Waals surface area contributed by atoms with E-state index in [9.17, 15) is 4.79 Å². The monoisotopic (exact) mass is 275 g/mol. The first kappa shape index (κ1) is 14.9. The van der Waals surface area contributed by atoms with E-state index in [0.29, 0.717) is 0 Å². The summed E-state index contributed by atoms with van der Waals surface area (Å²) in [5.41, 5.74) is 9.23. The van der Waals surface area contributed by atoms with Gasteiger partial charge in [-0.2, -0.15) is 0 Å². The SMILES string of the molecule is CCCNCc1ccc(N2CCC(C(N)=O)C2)cc1C. The van der Waals surface area contributed by atoms with Gasteiger partial charge in [-0.15, -0.1) is 0 Å². The van der Waals surface area contributed by atoms with E-state index in [4.69, 9.17) is 5.73 Å². The maximum absolute atomic E-state index is 11.2. The number of rotatable bonds is 6. The highest BCUT2D eigenvalue weighted by Gasteiger charge is 2.26. The van der Waals surface area contributed by atoms with Crippen molar-refractivity contribution in [2.45, 2.75) is 33.2 Å². The largest absolute Gasteiger partial charge is 0.371 e. The quantitative estimate of drug-likeness (QED) is 0.778. The lowest BCUT2D eigenvalue weighted by atomic mass is 10.1. The van der Waals surface area contributed by atoms with Crippen LogP contribution in [0.15, 0.2) is 18.2 Å². The topological polar surface area (TPSA) is 58.4 Å². The number of hydrogen-bond donors (Lipinski definition) is 2. The van der Waals surface area contributed by atoms with Crippen LogP contribution in [0.2, 0.25) is 0 Å². The number of anilines is 1. The van der Waals surface area contributed by atoms with E-state index in [1.807, 2.05) is 0 Å². The Morgan fingerprint density at radius 2 is 2.30 bits per heavy atom. The molecule has 3 N–H and O–H groups in total. The number of carbonyl (C=O) groups excluding carboxylic acids is 1. The van der Waals surface area contributed by atoms with Gasteiger partial charge in [0.2, 0.25) is 5.91 Å². The number of hydrogen-bond acceptors (Lipinski definition) is 3. The van der Waals surface area contributed by atoms with Crippen LogP contribution in [0.3, 0.4) is 0 Å². The van der Waals surface area contributed by atoms with Gasteiger partial charge >= 0.3 is 0 Å². The van der Waals surface area contributed by atoms with Crippen molar-refractivity contribution in [3.05, 3.63) is 29.3 Å². The zero-order chi connectivity index (χ0) is 14.5. The third kappa shape index (κ3) is 3.51. The Morgan fingerprint density at radius 1 is 1.50 bits per heavy atom. The summed E-state index contributed by atoms with van der Waals surface area (Å²) < 4.78 is 0. The second kappa shape index (κ2) is 6.75. The highest BCUT2D eigenvalue weighted by atomic mass is 16.1. The second-order valence-corrected chi connectivity index (χ2v) is 5.62. The molecule has 4 heteroatoms. The summed E-state index contributed by atoms with van der Waals surface area (Å²) in [6.07, 6.45) is 2.02. The van der Waals surface area contributed by atoms with Crippen molar-refractivity contribution in [3.8, 4) is 0 Å². The summed E-state index contributed by atoms with van der Waals surface area (Å²) in [6.45, 7) is 7.96. The molecule has 2 rings (SSSR count). The van der Waals surface area contributed by atoms with Gasteiger partial charge in [0, 0.05) is 25.3 Å². The molecule has 1 saturated heterocycles. The molecule has 0 aromatic heterocycles. The fraction of sp³-hybridized carbons (Fsp3) is 0.562. The van der Waals surface area contributed by atoms with Crippen LogP contribution < -0.4 is 16.0 Å². The number of carbonyl (C=O) groups is 1. The van der Waals surface area contributed by atoms with Gasteiger partial charge in [-0.25, -0.2) is 0 Å². The number of benzene rings is 1. The predicted octanol–water partition coefficient (Wildman–Crippen LogP) is 1.81. The summed E-state index contributed by atoms with van der Waals surface area (Å²) in [5.74, 6) is -0.175. The van der Waals surface area contributed by atoms with Gasteiger partial charge in [0.05, 0.1) is 5.92 Å². The van der Waals surface area contributed by atoms with Gasteiger partial charge in [0.1, 0.15) is 0 Å². The molecule has 20 heavy (non-hydrogen) atoms. The summed E-state index contributed by atoms with van der Waals surface area (Å²) in [6, 6.07) is 6.55. The molecule has 1 aromatic rings. The molecule has 0 bridgehead atoms. The van der Waals surface area contributed by atoms with Crippen LogP contribution in [0, 0.1) is 12.8 Å². The Balaban J connectivity index is 2.00. The van der Waals surface area contributed by atoms with Gasteiger partial charge < -0.3 is 16.0 Å². The average molecular weight is 275 g/mol. The minimum absolute atomic E-state index is 0.00111. The summed E-state index contributed by atoms with van der Waals surface area (Å²) >= 11 is 0. The number of nitrogens with two attached hydrogens (primary N) is 1. The van der Waals surface area contributed by atoms with Gasteiger partial charge in [0.25, 0.3) is 0 Å². The molecular formula is C16H25N3O. The third-order valence-electron chi connectivity index (χ3n) is 4.02. The van der Waals surface area contributed by atoms with Gasteiger partial charge in [-0.3, -0.25) is 4.79 Å². The molecule has 0 saturated carbocycles. The van der Waals surface area contributed by atoms with Crippen molar-refractivity contribution in [2.75, 3.05) is 24.5 Å². The van der Waals surface area contributed by atoms with Crippen LogP contribution in [-0.2, 0) is 11.3 Å². The van der Waals surface area contributed by atoms with Crippen LogP contribution in [0.1, 0.15) is 30.9 Å². The maximum atomic E-state index is 11.2. The summed E-state index contributed by atoms with van der Waals surface area (Å²) in [7, 11) is 0. The van der Waals surface area contributed by atoms with Gasteiger partial charge in [0.15, 0.2) is 0 Å². The van der Waals surface area contributed by atoms with Crippen molar-refractivity contribution in [1.82, 2.24) is 5.32 Å². The smallest absolute Gasteiger partial charge is 0.222 e. The minimum atomic E-state index is -0.176. The van der Waals surface area contributed by atoms with E-state index >= 15 is 0 Å². The number of amides is 1. The standard InChI is InChI=1S/C16H25N3O/c1-3-7-18-10-13-4-5-15(9-12(13)2)19-8-6-14(11-19)16(17)20/h4-5,9,14,18H,3,6-8,10-11H2,1-2H3,(H2,17,20). The second-order valence-electron chi connectivity index (χ2n) is 5.62. The molecule has 0 radical (unpaired) electrons. The van der Waals surface area contributed by atoms with E-state index in [1.165, 1.54) is 16.8 Å². The lowest BCUT2D eigenvalue weighted by molar-refractivity contribution is -0.121. The zero-order valence-electron chi connectivity index (χ0n) is 12.5. The normalized spacial score (nSPS) is 18.5. The highest BCUT2D eigenvalue weighted by molar-refractivity contribution is 5.78. The fourth-order valence-corrected chi connectivity index (χ4v) is 2.70. The van der Waals surface area contributed by atoms with Gasteiger partial charge in [-0.1, -0.05) is 13.0 Å². The molecule has 1 aliphatic heterocycles. The van der Waals surface area contributed by atoms with Crippen molar-refractivity contribution in [3.63, 3.8) is 0 Å². The highest BCUT2D eigenvalue weighted by Crippen LogP contribution is 2.25. The lowest BCUT2D eigenvalue weighted by Gasteiger charge is -2.20. The molecule has 4 nitrogen and oxygen atoms in total. The van der Waals surface area contributed by atoms with Crippen molar-refractivity contribution < 1.29 is 4.79 Å². The molecule has 1 heterocycles. The lowest BCUT2D eigenvalue weighted by Crippen LogP contribution is -2.27. The van der Waals surface area contributed by atoms with Crippen LogP contribution in [0.5, 0.6) is 0 Å². The van der Waals surface area contributed by atoms with E-state index in [-0.39, 0.29) is 11.8 Å². The first-order valence-electron chi connectivity index (χ1n) is 7.46. The Hall–Kier alpha value is -1.55. The van der Waals surface area contributed by atoms with Crippen LogP contribution in [-0.4, -0.2) is 25.5 Å². The molecule has 0 aliphatic carbocycles. The molecule has 0 spiro atoms. The fourth-order valence-electron chi connectivity index (χ4n) is 2.70. The Bertz CT molecular complexity index is 473. The van der Waals surface area contributed by atoms with E-state index < -0.39 is 0 Å². The molecule has 1 aliphatic rings. The molecule has 1 amide bonds. The van der Waals surface area contributed by atoms with E-state index in [1.54, 1.807) is 0 Å². The van der Waals surface area contributed by atoms with Crippen LogP contribution >= 0.6 is 0 Å². The molecule has 1 fully saturated rings. The molecule has 110 valence electrons. The number of primary amides is 1. The van der Waals surface area contributed by atoms with Gasteiger partial charge in [-0.05, 0) is 49.6 Å². The Morgan fingerprint density at radius 3 is 2.90 bits per heavy atom. The van der Waals surface area contributed by atoms with E-state index in [0.717, 1.165) is 39.0 Å². The van der Waals surface area contributed by atoms with Crippen molar-refractivity contribution >= 4 is 11.6 Å². The number of nitrogens with one attached hydrogen (secondary N) is 1. The number of aryl methyl sites for hydroxylation is 1. The van der Waals surface area contributed by atoms with Crippen LogP contribution in [0.25, 0.3) is 0 Å². The van der Waals surface area contributed by atoms with Crippen molar-refractivity contribution in [2.24, 2.45) is 11.7 Å². The zero-order valence-corrected chi connectivity index (χ0v) is 12.5. The van der Waals surface area contributed by atoms with Crippen molar-refractivity contribution in [1.29, 1.82) is 0 Å². The Kier molecular flexibility index (Phi) is 5.01. The average Bonchev–Trinajstić information content (AvgIpc) is 2.90. The number of nitrogens with zero attached hydrogens (tertiary/aromatic N) is 1. The molecular weight excluding hydrogens is 250 g/mol. The van der Waals surface area contributed by atoms with Crippen LogP contribution in [0.4, 0.5) is 5.69 Å². The summed E-state index contributed by atoms with van der Waals surface area (Å²) in [5, 5.41) is 3.43. The molecule has 1 unspecified atom stereocenters. The minimum Gasteiger partial charge on any atom is -0.371 e. The first-order valence-corrected chi connectivity index (χ1v) is 7.46. The first-order chi connectivity index (χ1) is 9.61. The predicted molar refractivity (Wildman–Crippen MR) is 82.7 cm³/mol.